The molecule has 0 saturated carbocycles. The van der Waals surface area contributed by atoms with Crippen LogP contribution in [0.2, 0.25) is 0 Å². The maximum Gasteiger partial charge on any atom is 0.164 e. The van der Waals surface area contributed by atoms with Crippen molar-refractivity contribution in [1.82, 2.24) is 14.8 Å². The summed E-state index contributed by atoms with van der Waals surface area (Å²) in [5, 5.41) is 4.24. The highest BCUT2D eigenvalue weighted by atomic mass is 16.5. The van der Waals surface area contributed by atoms with Gasteiger partial charge in [-0.1, -0.05) is 12.1 Å². The predicted molar refractivity (Wildman–Crippen MR) is 69.4 cm³/mol. The van der Waals surface area contributed by atoms with E-state index in [1.54, 1.807) is 11.8 Å². The van der Waals surface area contributed by atoms with Crippen molar-refractivity contribution in [3.05, 3.63) is 41.0 Å². The summed E-state index contributed by atoms with van der Waals surface area (Å²) < 4.78 is 7.03. The Morgan fingerprint density at radius 1 is 1.39 bits per heavy atom. The van der Waals surface area contributed by atoms with Gasteiger partial charge in [-0.15, -0.1) is 0 Å². The first-order valence-electron chi connectivity index (χ1n) is 5.86. The molecule has 5 heteroatoms. The molecule has 0 unspecified atom stereocenters. The van der Waals surface area contributed by atoms with Gasteiger partial charge in [-0.2, -0.15) is 5.10 Å². The van der Waals surface area contributed by atoms with E-state index in [-0.39, 0.29) is 0 Å². The fourth-order valence-corrected chi connectivity index (χ4v) is 1.95. The molecule has 0 fully saturated rings. The number of aryl methyl sites for hydroxylation is 2. The Bertz CT molecular complexity index is 548. The van der Waals surface area contributed by atoms with Crippen molar-refractivity contribution in [2.45, 2.75) is 19.9 Å². The Morgan fingerprint density at radius 3 is 2.72 bits per heavy atom. The van der Waals surface area contributed by atoms with Gasteiger partial charge in [-0.3, -0.25) is 4.68 Å². The Labute approximate surface area is 107 Å². The number of benzene rings is 1. The van der Waals surface area contributed by atoms with Crippen LogP contribution in [0, 0.1) is 6.92 Å². The van der Waals surface area contributed by atoms with Crippen molar-refractivity contribution in [1.29, 1.82) is 0 Å². The second kappa shape index (κ2) is 5.18. The zero-order valence-electron chi connectivity index (χ0n) is 11.0. The van der Waals surface area contributed by atoms with Gasteiger partial charge in [-0.25, -0.2) is 4.98 Å². The SMILES string of the molecule is COc1ccc(Cc2nc(CN)nn2C)cc1C. The minimum absolute atomic E-state index is 0.371. The quantitative estimate of drug-likeness (QED) is 0.879. The molecule has 0 aliphatic heterocycles. The smallest absolute Gasteiger partial charge is 0.164 e. The first kappa shape index (κ1) is 12.6. The van der Waals surface area contributed by atoms with Crippen LogP contribution in [0.25, 0.3) is 0 Å². The molecule has 0 atom stereocenters. The second-order valence-electron chi connectivity index (χ2n) is 4.25. The molecule has 5 nitrogen and oxygen atoms in total. The van der Waals surface area contributed by atoms with Crippen molar-refractivity contribution >= 4 is 0 Å². The summed E-state index contributed by atoms with van der Waals surface area (Å²) in [6.07, 6.45) is 0.744. The third-order valence-corrected chi connectivity index (χ3v) is 2.90. The molecule has 1 aromatic carbocycles. The first-order chi connectivity index (χ1) is 8.63. The zero-order chi connectivity index (χ0) is 13.1. The highest BCUT2D eigenvalue weighted by Gasteiger charge is 2.08. The molecule has 0 spiro atoms. The number of rotatable bonds is 4. The number of hydrogen-bond donors (Lipinski definition) is 1. The van der Waals surface area contributed by atoms with Crippen LogP contribution in [0.3, 0.4) is 0 Å². The van der Waals surface area contributed by atoms with Crippen LogP contribution >= 0.6 is 0 Å². The minimum Gasteiger partial charge on any atom is -0.496 e. The number of ether oxygens (including phenoxy) is 1. The van der Waals surface area contributed by atoms with Crippen LogP contribution in [0.1, 0.15) is 22.8 Å². The molecule has 18 heavy (non-hydrogen) atoms. The molecule has 1 heterocycles. The zero-order valence-corrected chi connectivity index (χ0v) is 11.0. The van der Waals surface area contributed by atoms with Crippen LogP contribution in [0.5, 0.6) is 5.75 Å². The number of nitrogens with zero attached hydrogens (tertiary/aromatic N) is 3. The van der Waals surface area contributed by atoms with E-state index in [4.69, 9.17) is 10.5 Å². The van der Waals surface area contributed by atoms with Gasteiger partial charge in [0.25, 0.3) is 0 Å². The van der Waals surface area contributed by atoms with Crippen molar-refractivity contribution in [2.24, 2.45) is 12.8 Å². The van der Waals surface area contributed by atoms with E-state index in [1.807, 2.05) is 26.1 Å². The Hall–Kier alpha value is -1.88. The van der Waals surface area contributed by atoms with E-state index in [0.29, 0.717) is 12.4 Å². The molecule has 1 aromatic heterocycles. The van der Waals surface area contributed by atoms with Gasteiger partial charge >= 0.3 is 0 Å². The Kier molecular flexibility index (Phi) is 3.62. The maximum absolute atomic E-state index is 5.53. The van der Waals surface area contributed by atoms with E-state index >= 15 is 0 Å². The fourth-order valence-electron chi connectivity index (χ4n) is 1.95. The van der Waals surface area contributed by atoms with E-state index in [1.165, 1.54) is 5.56 Å². The summed E-state index contributed by atoms with van der Waals surface area (Å²) in [5.41, 5.74) is 7.84. The van der Waals surface area contributed by atoms with Crippen molar-refractivity contribution in [2.75, 3.05) is 7.11 Å². The molecule has 0 saturated heterocycles. The molecular formula is C13H18N4O. The van der Waals surface area contributed by atoms with Crippen LogP contribution < -0.4 is 10.5 Å². The topological polar surface area (TPSA) is 66.0 Å². The van der Waals surface area contributed by atoms with Gasteiger partial charge in [-0.05, 0) is 24.1 Å². The minimum atomic E-state index is 0.371. The Morgan fingerprint density at radius 2 is 2.17 bits per heavy atom. The molecule has 2 rings (SSSR count). The monoisotopic (exact) mass is 246 g/mol. The molecule has 0 amide bonds. The van der Waals surface area contributed by atoms with Crippen molar-refractivity contribution in [3.8, 4) is 5.75 Å². The maximum atomic E-state index is 5.53. The first-order valence-corrected chi connectivity index (χ1v) is 5.86. The second-order valence-corrected chi connectivity index (χ2v) is 4.25. The van der Waals surface area contributed by atoms with Crippen LogP contribution in [-0.2, 0) is 20.0 Å². The van der Waals surface area contributed by atoms with Gasteiger partial charge in [0.05, 0.1) is 13.7 Å². The average Bonchev–Trinajstić information content (AvgIpc) is 2.70. The van der Waals surface area contributed by atoms with Crippen LogP contribution in [0.15, 0.2) is 18.2 Å². The van der Waals surface area contributed by atoms with E-state index in [0.717, 1.165) is 23.6 Å². The van der Waals surface area contributed by atoms with E-state index < -0.39 is 0 Å². The number of methoxy groups -OCH3 is 1. The molecule has 0 aliphatic carbocycles. The lowest BCUT2D eigenvalue weighted by molar-refractivity contribution is 0.411. The Balaban J connectivity index is 2.22. The van der Waals surface area contributed by atoms with Crippen LogP contribution in [0.4, 0.5) is 0 Å². The van der Waals surface area contributed by atoms with E-state index in [2.05, 4.69) is 16.1 Å². The standard InChI is InChI=1S/C13H18N4O/c1-9-6-10(4-5-11(9)18-3)7-13-15-12(8-14)16-17(13)2/h4-6H,7-8,14H2,1-3H3. The summed E-state index contributed by atoms with van der Waals surface area (Å²) in [5.74, 6) is 2.50. The number of nitrogens with two attached hydrogens (primary N) is 1. The molecule has 0 bridgehead atoms. The number of hydrogen-bond acceptors (Lipinski definition) is 4. The largest absolute Gasteiger partial charge is 0.496 e. The average molecular weight is 246 g/mol. The normalized spacial score (nSPS) is 10.7. The summed E-state index contributed by atoms with van der Waals surface area (Å²) >= 11 is 0. The summed E-state index contributed by atoms with van der Waals surface area (Å²) in [7, 11) is 3.57. The lowest BCUT2D eigenvalue weighted by Crippen LogP contribution is -2.01. The molecular weight excluding hydrogens is 228 g/mol. The summed E-state index contributed by atoms with van der Waals surface area (Å²) in [4.78, 5) is 4.39. The summed E-state index contributed by atoms with van der Waals surface area (Å²) in [6, 6.07) is 6.13. The van der Waals surface area contributed by atoms with Crippen molar-refractivity contribution < 1.29 is 4.74 Å². The molecule has 2 N–H and O–H groups in total. The highest BCUT2D eigenvalue weighted by molar-refractivity contribution is 5.37. The van der Waals surface area contributed by atoms with Gasteiger partial charge in [0.15, 0.2) is 5.82 Å². The van der Waals surface area contributed by atoms with Gasteiger partial charge < -0.3 is 10.5 Å². The predicted octanol–water partition coefficient (Wildman–Crippen LogP) is 1.18. The molecule has 0 radical (unpaired) electrons. The fraction of sp³-hybridized carbons (Fsp3) is 0.385. The third kappa shape index (κ3) is 2.51. The van der Waals surface area contributed by atoms with Crippen LogP contribution in [-0.4, -0.2) is 21.9 Å². The summed E-state index contributed by atoms with van der Waals surface area (Å²) in [6.45, 7) is 2.40. The lowest BCUT2D eigenvalue weighted by Gasteiger charge is -2.07. The van der Waals surface area contributed by atoms with Gasteiger partial charge in [0.2, 0.25) is 0 Å². The molecule has 96 valence electrons. The van der Waals surface area contributed by atoms with E-state index in [9.17, 15) is 0 Å². The third-order valence-electron chi connectivity index (χ3n) is 2.90. The molecule has 0 aliphatic rings. The number of aromatic nitrogens is 3. The lowest BCUT2D eigenvalue weighted by atomic mass is 10.1. The molecule has 2 aromatic rings. The van der Waals surface area contributed by atoms with Gasteiger partial charge in [0.1, 0.15) is 11.6 Å². The van der Waals surface area contributed by atoms with Crippen molar-refractivity contribution in [3.63, 3.8) is 0 Å². The highest BCUT2D eigenvalue weighted by Crippen LogP contribution is 2.19. The van der Waals surface area contributed by atoms with Gasteiger partial charge in [0, 0.05) is 13.5 Å².